The summed E-state index contributed by atoms with van der Waals surface area (Å²) in [5, 5.41) is 5.43. The summed E-state index contributed by atoms with van der Waals surface area (Å²) < 4.78 is 10.4. The van der Waals surface area contributed by atoms with Crippen LogP contribution in [0.2, 0.25) is 0 Å². The van der Waals surface area contributed by atoms with E-state index < -0.39 is 5.25 Å². The average molecular weight is 385 g/mol. The van der Waals surface area contributed by atoms with Gasteiger partial charge in [0.05, 0.1) is 25.6 Å². The van der Waals surface area contributed by atoms with Gasteiger partial charge in [-0.05, 0) is 24.3 Å². The molecule has 8 heteroatoms. The maximum absolute atomic E-state index is 12.4. The van der Waals surface area contributed by atoms with Crippen molar-refractivity contribution in [1.29, 1.82) is 0 Å². The second-order valence-corrected chi connectivity index (χ2v) is 6.86. The van der Waals surface area contributed by atoms with E-state index in [4.69, 9.17) is 9.47 Å². The first-order valence-electron chi connectivity index (χ1n) is 8.22. The summed E-state index contributed by atoms with van der Waals surface area (Å²) in [6.45, 7) is 0. The molecule has 0 saturated carbocycles. The fourth-order valence-corrected chi connectivity index (χ4v) is 3.48. The van der Waals surface area contributed by atoms with E-state index in [0.717, 1.165) is 5.69 Å². The highest BCUT2D eigenvalue weighted by Crippen LogP contribution is 2.30. The second kappa shape index (κ2) is 8.59. The predicted octanol–water partition coefficient (Wildman–Crippen LogP) is 2.95. The van der Waals surface area contributed by atoms with Gasteiger partial charge in [0.25, 0.3) is 0 Å². The standard InChI is InChI=1S/C19H19N3O4S/c1-25-13-8-9-15(26-2)14(10-13)21-17(23)11-16-18(24)22-19(27-16)20-12-6-4-3-5-7-12/h3-10,16H,11H2,1-2H3,(H,21,23)(H,20,22,24)/t16-/m1/s1. The van der Waals surface area contributed by atoms with Gasteiger partial charge in [-0.1, -0.05) is 30.0 Å². The van der Waals surface area contributed by atoms with Gasteiger partial charge < -0.3 is 20.1 Å². The van der Waals surface area contributed by atoms with Crippen molar-refractivity contribution in [3.05, 3.63) is 48.5 Å². The Morgan fingerprint density at radius 1 is 1.19 bits per heavy atom. The Balaban J connectivity index is 1.65. The van der Waals surface area contributed by atoms with Crippen molar-refractivity contribution >= 4 is 40.1 Å². The Labute approximate surface area is 161 Å². The molecule has 7 nitrogen and oxygen atoms in total. The fraction of sp³-hybridized carbons (Fsp3) is 0.211. The Hall–Kier alpha value is -3.00. The SMILES string of the molecule is COc1ccc(OC)c(NC(=O)C[C@H]2SC(=Nc3ccccc3)NC2=O)c1. The van der Waals surface area contributed by atoms with Crippen LogP contribution in [0.5, 0.6) is 11.5 Å². The molecular formula is C19H19N3O4S. The molecule has 27 heavy (non-hydrogen) atoms. The molecule has 1 atom stereocenters. The average Bonchev–Trinajstić information content (AvgIpc) is 3.01. The van der Waals surface area contributed by atoms with E-state index >= 15 is 0 Å². The molecule has 2 aromatic rings. The molecule has 1 fully saturated rings. The molecule has 3 rings (SSSR count). The van der Waals surface area contributed by atoms with Crippen molar-refractivity contribution < 1.29 is 19.1 Å². The third-order valence-electron chi connectivity index (χ3n) is 3.81. The Bertz CT molecular complexity index is 871. The number of thioether (sulfide) groups is 1. The summed E-state index contributed by atoms with van der Waals surface area (Å²) in [5.41, 5.74) is 1.23. The molecule has 140 valence electrons. The van der Waals surface area contributed by atoms with Gasteiger partial charge in [0.2, 0.25) is 11.8 Å². The summed E-state index contributed by atoms with van der Waals surface area (Å²) in [7, 11) is 3.06. The van der Waals surface area contributed by atoms with Gasteiger partial charge in [-0.25, -0.2) is 4.99 Å². The van der Waals surface area contributed by atoms with Crippen molar-refractivity contribution in [3.63, 3.8) is 0 Å². The van der Waals surface area contributed by atoms with Crippen LogP contribution in [0.1, 0.15) is 6.42 Å². The van der Waals surface area contributed by atoms with E-state index in [-0.39, 0.29) is 18.2 Å². The highest BCUT2D eigenvalue weighted by molar-refractivity contribution is 8.15. The van der Waals surface area contributed by atoms with Crippen LogP contribution >= 0.6 is 11.8 Å². The normalized spacial score (nSPS) is 17.5. The number of methoxy groups -OCH3 is 2. The van der Waals surface area contributed by atoms with E-state index in [2.05, 4.69) is 15.6 Å². The van der Waals surface area contributed by atoms with E-state index in [1.165, 1.54) is 18.9 Å². The second-order valence-electron chi connectivity index (χ2n) is 5.67. The van der Waals surface area contributed by atoms with Crippen LogP contribution in [0.3, 0.4) is 0 Å². The van der Waals surface area contributed by atoms with Crippen LogP contribution in [0.25, 0.3) is 0 Å². The third-order valence-corrected chi connectivity index (χ3v) is 4.90. The highest BCUT2D eigenvalue weighted by atomic mass is 32.2. The van der Waals surface area contributed by atoms with Crippen molar-refractivity contribution in [2.24, 2.45) is 4.99 Å². The Morgan fingerprint density at radius 3 is 2.67 bits per heavy atom. The number of ether oxygens (including phenoxy) is 2. The lowest BCUT2D eigenvalue weighted by atomic mass is 10.2. The summed E-state index contributed by atoms with van der Waals surface area (Å²) in [5.74, 6) is 0.577. The zero-order valence-electron chi connectivity index (χ0n) is 14.9. The minimum atomic E-state index is -0.538. The van der Waals surface area contributed by atoms with E-state index in [9.17, 15) is 9.59 Å². The van der Waals surface area contributed by atoms with Gasteiger partial charge in [-0.2, -0.15) is 0 Å². The lowest BCUT2D eigenvalue weighted by molar-refractivity contribution is -0.122. The predicted molar refractivity (Wildman–Crippen MR) is 106 cm³/mol. The molecule has 0 aromatic heterocycles. The molecule has 0 spiro atoms. The Morgan fingerprint density at radius 2 is 1.96 bits per heavy atom. The zero-order valence-corrected chi connectivity index (χ0v) is 15.7. The van der Waals surface area contributed by atoms with Gasteiger partial charge in [-0.15, -0.1) is 0 Å². The molecule has 1 heterocycles. The Kier molecular flexibility index (Phi) is 5.97. The number of hydrogen-bond donors (Lipinski definition) is 2. The van der Waals surface area contributed by atoms with Crippen LogP contribution in [-0.2, 0) is 9.59 Å². The summed E-state index contributed by atoms with van der Waals surface area (Å²) in [4.78, 5) is 28.9. The molecule has 0 unspecified atom stereocenters. The van der Waals surface area contributed by atoms with Crippen LogP contribution in [0.15, 0.2) is 53.5 Å². The quantitative estimate of drug-likeness (QED) is 0.798. The number of benzene rings is 2. The molecule has 0 aliphatic carbocycles. The maximum Gasteiger partial charge on any atom is 0.240 e. The number of aliphatic imine (C=N–C) groups is 1. The first kappa shape index (κ1) is 18.8. The number of amidine groups is 1. The van der Waals surface area contributed by atoms with Gasteiger partial charge in [0.1, 0.15) is 16.7 Å². The topological polar surface area (TPSA) is 89.0 Å². The van der Waals surface area contributed by atoms with Crippen LogP contribution in [0, 0.1) is 0 Å². The monoisotopic (exact) mass is 385 g/mol. The molecule has 1 aliphatic heterocycles. The molecule has 0 radical (unpaired) electrons. The molecule has 0 bridgehead atoms. The zero-order chi connectivity index (χ0) is 19.2. The number of anilines is 1. The van der Waals surface area contributed by atoms with Crippen molar-refractivity contribution in [2.45, 2.75) is 11.7 Å². The lowest BCUT2D eigenvalue weighted by Gasteiger charge is -2.12. The number of carbonyl (C=O) groups is 2. The molecule has 2 N–H and O–H groups in total. The van der Waals surface area contributed by atoms with E-state index in [0.29, 0.717) is 22.4 Å². The summed E-state index contributed by atoms with van der Waals surface area (Å²) in [6, 6.07) is 14.4. The maximum atomic E-state index is 12.4. The largest absolute Gasteiger partial charge is 0.497 e. The molecule has 2 amide bonds. The van der Waals surface area contributed by atoms with E-state index in [1.807, 2.05) is 30.3 Å². The number of nitrogens with zero attached hydrogens (tertiary/aromatic N) is 1. The van der Waals surface area contributed by atoms with Crippen molar-refractivity contribution in [2.75, 3.05) is 19.5 Å². The van der Waals surface area contributed by atoms with Gasteiger partial charge >= 0.3 is 0 Å². The number of nitrogens with one attached hydrogen (secondary N) is 2. The van der Waals surface area contributed by atoms with Gasteiger partial charge in [0, 0.05) is 12.5 Å². The van der Waals surface area contributed by atoms with E-state index in [1.54, 1.807) is 25.3 Å². The minimum Gasteiger partial charge on any atom is -0.497 e. The first-order valence-corrected chi connectivity index (χ1v) is 9.10. The van der Waals surface area contributed by atoms with Crippen LogP contribution in [0.4, 0.5) is 11.4 Å². The van der Waals surface area contributed by atoms with Crippen LogP contribution in [-0.4, -0.2) is 36.5 Å². The first-order chi connectivity index (χ1) is 13.1. The smallest absolute Gasteiger partial charge is 0.240 e. The van der Waals surface area contributed by atoms with Crippen LogP contribution < -0.4 is 20.1 Å². The minimum absolute atomic E-state index is 0.0185. The van der Waals surface area contributed by atoms with Crippen molar-refractivity contribution in [3.8, 4) is 11.5 Å². The number of rotatable bonds is 6. The fourth-order valence-electron chi connectivity index (χ4n) is 2.49. The number of para-hydroxylation sites is 1. The molecule has 1 aliphatic rings. The third kappa shape index (κ3) is 4.79. The number of amides is 2. The van der Waals surface area contributed by atoms with Gasteiger partial charge in [-0.3, -0.25) is 9.59 Å². The van der Waals surface area contributed by atoms with Gasteiger partial charge in [0.15, 0.2) is 5.17 Å². The number of carbonyl (C=O) groups excluding carboxylic acids is 2. The molecule has 1 saturated heterocycles. The summed E-state index contributed by atoms with van der Waals surface area (Å²) in [6.07, 6.45) is 0.0185. The number of hydrogen-bond acceptors (Lipinski definition) is 6. The molecular weight excluding hydrogens is 366 g/mol. The summed E-state index contributed by atoms with van der Waals surface area (Å²) >= 11 is 1.24. The lowest BCUT2D eigenvalue weighted by Crippen LogP contribution is -2.28. The highest BCUT2D eigenvalue weighted by Gasteiger charge is 2.32. The molecule has 2 aromatic carbocycles. The van der Waals surface area contributed by atoms with Crippen molar-refractivity contribution in [1.82, 2.24) is 5.32 Å².